The van der Waals surface area contributed by atoms with Crippen LogP contribution in [0.2, 0.25) is 0 Å². The van der Waals surface area contributed by atoms with Crippen molar-refractivity contribution < 1.29 is 9.84 Å². The molecule has 0 amide bonds. The number of hydrogen-bond donors (Lipinski definition) is 2. The highest BCUT2D eigenvalue weighted by Gasteiger charge is 2.12. The molecule has 0 bridgehead atoms. The summed E-state index contributed by atoms with van der Waals surface area (Å²) in [6, 6.07) is 5.12. The van der Waals surface area contributed by atoms with E-state index in [4.69, 9.17) is 9.84 Å². The molecule has 23 heavy (non-hydrogen) atoms. The number of aromatic nitrogens is 3. The van der Waals surface area contributed by atoms with Crippen molar-refractivity contribution in [2.75, 3.05) is 11.9 Å². The molecule has 1 atom stereocenters. The molecule has 3 heterocycles. The van der Waals surface area contributed by atoms with Gasteiger partial charge in [-0.05, 0) is 30.5 Å². The van der Waals surface area contributed by atoms with E-state index < -0.39 is 0 Å². The number of nitrogens with one attached hydrogen (secondary N) is 1. The van der Waals surface area contributed by atoms with Gasteiger partial charge in [0.15, 0.2) is 10.8 Å². The Kier molecular flexibility index (Phi) is 4.26. The Morgan fingerprint density at radius 1 is 1.52 bits per heavy atom. The Hall–Kier alpha value is -2.45. The van der Waals surface area contributed by atoms with Gasteiger partial charge in [-0.2, -0.15) is 4.98 Å². The number of thiophene rings is 1. The zero-order valence-corrected chi connectivity index (χ0v) is 13.5. The Balaban J connectivity index is 2.02. The van der Waals surface area contributed by atoms with Crippen LogP contribution in [-0.2, 0) is 7.05 Å². The minimum atomic E-state index is -0.272. The predicted octanol–water partition coefficient (Wildman–Crippen LogP) is 1.97. The van der Waals surface area contributed by atoms with Crippen LogP contribution < -0.4 is 15.6 Å². The standard InChI is InChI=1S/C15H16N4O3S/c1-9(8-20)17-15-16-7-10-6-11(22-12-4-3-5-23-12)14(21)19(2)13(10)18-15/h3-7,9,20H,8H2,1-2H3,(H,16,17,18). The zero-order chi connectivity index (χ0) is 16.4. The van der Waals surface area contributed by atoms with Gasteiger partial charge in [0.2, 0.25) is 5.95 Å². The van der Waals surface area contributed by atoms with Gasteiger partial charge >= 0.3 is 0 Å². The Morgan fingerprint density at radius 2 is 2.35 bits per heavy atom. The molecule has 0 aliphatic rings. The molecular weight excluding hydrogens is 316 g/mol. The predicted molar refractivity (Wildman–Crippen MR) is 89.3 cm³/mol. The van der Waals surface area contributed by atoms with Crippen LogP contribution >= 0.6 is 11.3 Å². The number of rotatable bonds is 5. The molecule has 3 aromatic rings. The molecule has 0 spiro atoms. The van der Waals surface area contributed by atoms with Crippen LogP contribution in [-0.4, -0.2) is 32.3 Å². The van der Waals surface area contributed by atoms with Crippen molar-refractivity contribution in [3.05, 3.63) is 40.1 Å². The number of aryl methyl sites for hydroxylation is 1. The van der Waals surface area contributed by atoms with Crippen molar-refractivity contribution in [3.63, 3.8) is 0 Å². The number of pyridine rings is 1. The number of fused-ring (bicyclic) bond motifs is 1. The maximum Gasteiger partial charge on any atom is 0.294 e. The average Bonchev–Trinajstić information content (AvgIpc) is 3.06. The highest BCUT2D eigenvalue weighted by molar-refractivity contribution is 7.11. The van der Waals surface area contributed by atoms with Crippen LogP contribution in [0.3, 0.4) is 0 Å². The lowest BCUT2D eigenvalue weighted by Crippen LogP contribution is -2.22. The fourth-order valence-corrected chi connectivity index (χ4v) is 2.64. The van der Waals surface area contributed by atoms with Gasteiger partial charge in [0, 0.05) is 24.7 Å². The first kappa shape index (κ1) is 15.4. The summed E-state index contributed by atoms with van der Waals surface area (Å²) in [5.74, 6) is 0.594. The molecular formula is C15H16N4O3S. The van der Waals surface area contributed by atoms with E-state index in [0.717, 1.165) is 0 Å². The van der Waals surface area contributed by atoms with Crippen LogP contribution in [0.1, 0.15) is 6.92 Å². The number of ether oxygens (including phenoxy) is 1. The van der Waals surface area contributed by atoms with Gasteiger partial charge < -0.3 is 15.2 Å². The number of aliphatic hydroxyl groups excluding tert-OH is 1. The van der Waals surface area contributed by atoms with Gasteiger partial charge in [-0.3, -0.25) is 9.36 Å². The molecule has 0 saturated carbocycles. The normalized spacial score (nSPS) is 12.3. The van der Waals surface area contributed by atoms with Gasteiger partial charge in [-0.25, -0.2) is 4.98 Å². The molecule has 0 radical (unpaired) electrons. The lowest BCUT2D eigenvalue weighted by atomic mass is 10.3. The van der Waals surface area contributed by atoms with E-state index in [0.29, 0.717) is 22.0 Å². The topological polar surface area (TPSA) is 89.3 Å². The van der Waals surface area contributed by atoms with Crippen molar-refractivity contribution in [1.29, 1.82) is 0 Å². The lowest BCUT2D eigenvalue weighted by Gasteiger charge is -2.12. The van der Waals surface area contributed by atoms with Crippen LogP contribution in [0.5, 0.6) is 10.8 Å². The van der Waals surface area contributed by atoms with E-state index in [1.807, 2.05) is 18.4 Å². The zero-order valence-electron chi connectivity index (χ0n) is 12.7. The molecule has 0 fully saturated rings. The minimum absolute atomic E-state index is 0.0338. The molecule has 7 nitrogen and oxygen atoms in total. The van der Waals surface area contributed by atoms with E-state index in [-0.39, 0.29) is 24.0 Å². The summed E-state index contributed by atoms with van der Waals surface area (Å²) in [4.78, 5) is 21.0. The molecule has 0 aliphatic heterocycles. The molecule has 0 aromatic carbocycles. The highest BCUT2D eigenvalue weighted by atomic mass is 32.1. The van der Waals surface area contributed by atoms with Crippen LogP contribution in [0.15, 0.2) is 34.6 Å². The highest BCUT2D eigenvalue weighted by Crippen LogP contribution is 2.25. The van der Waals surface area contributed by atoms with Crippen molar-refractivity contribution in [2.45, 2.75) is 13.0 Å². The third kappa shape index (κ3) is 3.17. The van der Waals surface area contributed by atoms with Gasteiger partial charge in [-0.1, -0.05) is 0 Å². The monoisotopic (exact) mass is 332 g/mol. The Labute approximate surface area is 136 Å². The summed E-state index contributed by atoms with van der Waals surface area (Å²) < 4.78 is 7.06. The van der Waals surface area contributed by atoms with E-state index in [1.54, 1.807) is 25.4 Å². The SMILES string of the molecule is CC(CO)Nc1ncc2cc(Oc3cccs3)c(=O)n(C)c2n1. The van der Waals surface area contributed by atoms with Gasteiger partial charge in [0.05, 0.1) is 6.61 Å². The molecule has 0 aliphatic carbocycles. The quantitative estimate of drug-likeness (QED) is 0.742. The van der Waals surface area contributed by atoms with E-state index >= 15 is 0 Å². The Morgan fingerprint density at radius 3 is 3.04 bits per heavy atom. The van der Waals surface area contributed by atoms with Crippen molar-refractivity contribution >= 4 is 28.3 Å². The van der Waals surface area contributed by atoms with Crippen LogP contribution in [0, 0.1) is 0 Å². The molecule has 0 saturated heterocycles. The van der Waals surface area contributed by atoms with Crippen LogP contribution in [0.25, 0.3) is 11.0 Å². The summed E-state index contributed by atoms with van der Waals surface area (Å²) >= 11 is 1.41. The van der Waals surface area contributed by atoms with Gasteiger partial charge in [0.1, 0.15) is 5.65 Å². The summed E-state index contributed by atoms with van der Waals surface area (Å²) in [5, 5.41) is 15.3. The van der Waals surface area contributed by atoms with Crippen LogP contribution in [0.4, 0.5) is 5.95 Å². The van der Waals surface area contributed by atoms with E-state index in [1.165, 1.54) is 15.9 Å². The fraction of sp³-hybridized carbons (Fsp3) is 0.267. The van der Waals surface area contributed by atoms with E-state index in [2.05, 4.69) is 15.3 Å². The molecule has 120 valence electrons. The first-order valence-corrected chi connectivity index (χ1v) is 7.92. The summed E-state index contributed by atoms with van der Waals surface area (Å²) in [7, 11) is 1.64. The molecule has 2 N–H and O–H groups in total. The fourth-order valence-electron chi connectivity index (χ4n) is 2.06. The minimum Gasteiger partial charge on any atom is -0.441 e. The largest absolute Gasteiger partial charge is 0.441 e. The number of nitrogens with zero attached hydrogens (tertiary/aromatic N) is 3. The van der Waals surface area contributed by atoms with Gasteiger partial charge in [-0.15, -0.1) is 11.3 Å². The second kappa shape index (κ2) is 6.35. The Bertz CT molecular complexity index is 876. The third-order valence-electron chi connectivity index (χ3n) is 3.27. The summed E-state index contributed by atoms with van der Waals surface area (Å²) in [6.45, 7) is 1.78. The maximum atomic E-state index is 12.4. The molecule has 1 unspecified atom stereocenters. The lowest BCUT2D eigenvalue weighted by molar-refractivity contribution is 0.281. The molecule has 3 rings (SSSR count). The van der Waals surface area contributed by atoms with Crippen molar-refractivity contribution in [3.8, 4) is 10.8 Å². The number of aliphatic hydroxyl groups is 1. The second-order valence-corrected chi connectivity index (χ2v) is 6.02. The van der Waals surface area contributed by atoms with Crippen molar-refractivity contribution in [2.24, 2.45) is 7.05 Å². The van der Waals surface area contributed by atoms with E-state index in [9.17, 15) is 4.79 Å². The maximum absolute atomic E-state index is 12.4. The molecule has 3 aromatic heterocycles. The first-order chi connectivity index (χ1) is 11.1. The first-order valence-electron chi connectivity index (χ1n) is 7.04. The number of hydrogen-bond acceptors (Lipinski definition) is 7. The molecule has 8 heteroatoms. The summed E-state index contributed by atoms with van der Waals surface area (Å²) in [6.07, 6.45) is 1.62. The smallest absolute Gasteiger partial charge is 0.294 e. The van der Waals surface area contributed by atoms with Crippen molar-refractivity contribution in [1.82, 2.24) is 14.5 Å². The summed E-state index contributed by atoms with van der Waals surface area (Å²) in [5.41, 5.74) is 0.224. The third-order valence-corrected chi connectivity index (χ3v) is 4.02. The van der Waals surface area contributed by atoms with Gasteiger partial charge in [0.25, 0.3) is 5.56 Å². The second-order valence-electron chi connectivity index (χ2n) is 5.11. The average molecular weight is 332 g/mol. The number of anilines is 1.